The SMILES string of the molecule is C=Cc1ccc(C2(c3cc(F)cc(F)c3F)c3ccccc3-c3ccc(N(c4ccc(-c5cccc(-c6ccccc6)c5)cc4)c4ccc5c(c4)C(c4ccc(C=C)cc4)(c4cc(F)cc(F)c4F)c4ccccc4-5)cc32)cc1. The van der Waals surface area contributed by atoms with Crippen LogP contribution in [0.25, 0.3) is 56.7 Å². The standard InChI is InChI=1S/C72H45F6N/c1-3-44-21-27-50(28-22-44)71(65-38-52(73)40-67(75)69(65)77)61-19-10-8-17-57(61)59-35-33-55(42-63(59)71)79(54-31-25-47(26-32-54)49-16-12-15-48(37-49)46-13-6-5-7-14-46)56-34-36-60-58-18-9-11-20-62(58)72(64(60)43-56,51-29-23-45(4-2)24-30-51)66-39-53(74)41-68(76)70(66)78/h3-43H,1-2H2. The van der Waals surface area contributed by atoms with Crippen molar-refractivity contribution in [3.63, 3.8) is 0 Å². The summed E-state index contributed by atoms with van der Waals surface area (Å²) in [5.41, 5.74) is 10.3. The quantitative estimate of drug-likeness (QED) is 0.0922. The zero-order valence-electron chi connectivity index (χ0n) is 42.3. The maximum absolute atomic E-state index is 17.1. The Morgan fingerprint density at radius 2 is 0.696 bits per heavy atom. The molecule has 13 rings (SSSR count). The minimum Gasteiger partial charge on any atom is -0.310 e. The molecule has 0 N–H and O–H groups in total. The Morgan fingerprint density at radius 3 is 1.15 bits per heavy atom. The Hall–Kier alpha value is -9.72. The molecule has 0 fully saturated rings. The number of nitrogens with zero attached hydrogens (tertiary/aromatic N) is 1. The highest BCUT2D eigenvalue weighted by Gasteiger charge is 2.50. The van der Waals surface area contributed by atoms with Crippen LogP contribution in [0.3, 0.4) is 0 Å². The third-order valence-corrected chi connectivity index (χ3v) is 16.0. The van der Waals surface area contributed by atoms with Gasteiger partial charge in [-0.2, -0.15) is 0 Å². The molecule has 380 valence electrons. The maximum atomic E-state index is 17.1. The Bertz CT molecular complexity index is 4030. The first-order valence-corrected chi connectivity index (χ1v) is 25.8. The van der Waals surface area contributed by atoms with E-state index in [0.29, 0.717) is 62.6 Å². The molecule has 79 heavy (non-hydrogen) atoms. The molecule has 0 bridgehead atoms. The molecule has 11 aromatic rings. The van der Waals surface area contributed by atoms with E-state index in [4.69, 9.17) is 0 Å². The van der Waals surface area contributed by atoms with Crippen molar-refractivity contribution in [2.45, 2.75) is 10.8 Å². The van der Waals surface area contributed by atoms with Gasteiger partial charge in [0.25, 0.3) is 0 Å². The summed E-state index contributed by atoms with van der Waals surface area (Å²) in [5, 5.41) is 0. The van der Waals surface area contributed by atoms with Crippen LogP contribution in [-0.4, -0.2) is 0 Å². The molecule has 7 heteroatoms. The number of halogens is 6. The van der Waals surface area contributed by atoms with E-state index in [1.807, 2.05) is 187 Å². The Kier molecular flexibility index (Phi) is 11.8. The molecule has 0 radical (unpaired) electrons. The molecule has 0 saturated carbocycles. The average Bonchev–Trinajstić information content (AvgIpc) is 3.65. The molecule has 2 atom stereocenters. The molecule has 0 amide bonds. The smallest absolute Gasteiger partial charge is 0.163 e. The summed E-state index contributed by atoms with van der Waals surface area (Å²) in [5.74, 6) is -6.92. The van der Waals surface area contributed by atoms with E-state index in [1.165, 1.54) is 0 Å². The number of hydrogen-bond acceptors (Lipinski definition) is 1. The van der Waals surface area contributed by atoms with Crippen LogP contribution in [0.4, 0.5) is 43.4 Å². The third kappa shape index (κ3) is 7.63. The molecule has 2 unspecified atom stereocenters. The van der Waals surface area contributed by atoms with Gasteiger partial charge in [0, 0.05) is 40.3 Å². The van der Waals surface area contributed by atoms with Crippen molar-refractivity contribution in [2.75, 3.05) is 4.90 Å². The molecule has 1 nitrogen and oxygen atoms in total. The van der Waals surface area contributed by atoms with E-state index in [9.17, 15) is 0 Å². The average molecular weight is 1040 g/mol. The summed E-state index contributed by atoms with van der Waals surface area (Å²) < 4.78 is 97.6. The van der Waals surface area contributed by atoms with Crippen LogP contribution in [0.15, 0.2) is 250 Å². The lowest BCUT2D eigenvalue weighted by Crippen LogP contribution is -2.31. The second kappa shape index (κ2) is 19.1. The molecule has 0 spiro atoms. The third-order valence-electron chi connectivity index (χ3n) is 16.0. The van der Waals surface area contributed by atoms with E-state index < -0.39 is 45.7 Å². The highest BCUT2D eigenvalue weighted by molar-refractivity contribution is 5.93. The fourth-order valence-electron chi connectivity index (χ4n) is 12.5. The van der Waals surface area contributed by atoms with Crippen LogP contribution in [0.1, 0.15) is 55.6 Å². The van der Waals surface area contributed by atoms with Crippen LogP contribution in [-0.2, 0) is 10.8 Å². The van der Waals surface area contributed by atoms with Gasteiger partial charge < -0.3 is 4.90 Å². The maximum Gasteiger partial charge on any atom is 0.163 e. The van der Waals surface area contributed by atoms with Crippen molar-refractivity contribution < 1.29 is 26.3 Å². The van der Waals surface area contributed by atoms with Crippen molar-refractivity contribution in [3.8, 4) is 44.5 Å². The number of hydrogen-bond donors (Lipinski definition) is 0. The predicted octanol–water partition coefficient (Wildman–Crippen LogP) is 19.3. The normalized spacial score (nSPS) is 15.7. The van der Waals surface area contributed by atoms with Crippen molar-refractivity contribution in [1.82, 2.24) is 0 Å². The molecule has 2 aliphatic carbocycles. The summed E-state index contributed by atoms with van der Waals surface area (Å²) in [6.07, 6.45) is 3.38. The number of benzene rings is 11. The topological polar surface area (TPSA) is 3.24 Å². The van der Waals surface area contributed by atoms with E-state index in [0.717, 1.165) is 67.8 Å². The summed E-state index contributed by atoms with van der Waals surface area (Å²) in [6, 6.07) is 71.3. The van der Waals surface area contributed by atoms with E-state index in [1.54, 1.807) is 12.2 Å². The molecular formula is C72H45F6N. The zero-order chi connectivity index (χ0) is 54.2. The number of rotatable bonds is 11. The van der Waals surface area contributed by atoms with Crippen LogP contribution in [0.2, 0.25) is 0 Å². The lowest BCUT2D eigenvalue weighted by Gasteiger charge is -2.36. The molecule has 0 aromatic heterocycles. The molecule has 0 aliphatic heterocycles. The zero-order valence-corrected chi connectivity index (χ0v) is 42.3. The minimum absolute atomic E-state index is 0.208. The van der Waals surface area contributed by atoms with Gasteiger partial charge in [0.1, 0.15) is 11.6 Å². The minimum atomic E-state index is -1.60. The highest BCUT2D eigenvalue weighted by atomic mass is 19.2. The van der Waals surface area contributed by atoms with Gasteiger partial charge in [-0.15, -0.1) is 0 Å². The Balaban J connectivity index is 1.09. The van der Waals surface area contributed by atoms with Crippen molar-refractivity contribution in [2.24, 2.45) is 0 Å². The first-order valence-electron chi connectivity index (χ1n) is 25.8. The number of fused-ring (bicyclic) bond motifs is 6. The predicted molar refractivity (Wildman–Crippen MR) is 307 cm³/mol. The molecule has 2 aliphatic rings. The van der Waals surface area contributed by atoms with Crippen molar-refractivity contribution >= 4 is 29.2 Å². The van der Waals surface area contributed by atoms with Crippen molar-refractivity contribution in [3.05, 3.63) is 340 Å². The van der Waals surface area contributed by atoms with Gasteiger partial charge in [0.2, 0.25) is 0 Å². The van der Waals surface area contributed by atoms with E-state index in [2.05, 4.69) is 43.5 Å². The van der Waals surface area contributed by atoms with Gasteiger partial charge in [-0.25, -0.2) is 26.3 Å². The lowest BCUT2D eigenvalue weighted by atomic mass is 9.67. The fourth-order valence-corrected chi connectivity index (χ4v) is 12.5. The highest BCUT2D eigenvalue weighted by Crippen LogP contribution is 2.60. The van der Waals surface area contributed by atoms with Gasteiger partial charge in [-0.1, -0.05) is 195 Å². The van der Waals surface area contributed by atoms with Crippen LogP contribution >= 0.6 is 0 Å². The number of anilines is 3. The summed E-state index contributed by atoms with van der Waals surface area (Å²) >= 11 is 0. The second-order valence-electron chi connectivity index (χ2n) is 20.0. The Labute approximate surface area is 454 Å². The first-order chi connectivity index (χ1) is 38.5. The van der Waals surface area contributed by atoms with E-state index in [-0.39, 0.29) is 11.1 Å². The molecule has 0 saturated heterocycles. The van der Waals surface area contributed by atoms with E-state index >= 15 is 26.3 Å². The largest absolute Gasteiger partial charge is 0.310 e. The van der Waals surface area contributed by atoms with Gasteiger partial charge in [0.05, 0.1) is 10.8 Å². The van der Waals surface area contributed by atoms with Crippen LogP contribution in [0.5, 0.6) is 0 Å². The lowest BCUT2D eigenvalue weighted by molar-refractivity contribution is 0.474. The first kappa shape index (κ1) is 48.9. The van der Waals surface area contributed by atoms with Crippen molar-refractivity contribution in [1.29, 1.82) is 0 Å². The summed E-state index contributed by atoms with van der Waals surface area (Å²) in [4.78, 5) is 2.03. The van der Waals surface area contributed by atoms with Crippen LogP contribution < -0.4 is 4.90 Å². The molecule has 0 heterocycles. The Morgan fingerprint density at radius 1 is 0.304 bits per heavy atom. The van der Waals surface area contributed by atoms with Crippen LogP contribution in [0, 0.1) is 34.9 Å². The summed E-state index contributed by atoms with van der Waals surface area (Å²) in [7, 11) is 0. The summed E-state index contributed by atoms with van der Waals surface area (Å²) in [6.45, 7) is 7.89. The second-order valence-corrected chi connectivity index (χ2v) is 20.0. The fraction of sp³-hybridized carbons (Fsp3) is 0.0278. The molecule has 11 aromatic carbocycles. The van der Waals surface area contributed by atoms with Gasteiger partial charge in [-0.3, -0.25) is 0 Å². The molecular weight excluding hydrogens is 993 g/mol. The monoisotopic (exact) mass is 1040 g/mol. The van der Waals surface area contributed by atoms with Gasteiger partial charge in [0.15, 0.2) is 23.3 Å². The van der Waals surface area contributed by atoms with Gasteiger partial charge >= 0.3 is 0 Å². The van der Waals surface area contributed by atoms with Gasteiger partial charge in [-0.05, 0) is 144 Å².